The van der Waals surface area contributed by atoms with E-state index in [9.17, 15) is 14.0 Å². The minimum absolute atomic E-state index is 0.114. The van der Waals surface area contributed by atoms with Crippen LogP contribution < -0.4 is 0 Å². The Hall–Kier alpha value is -2.42. The fourth-order valence-electron chi connectivity index (χ4n) is 1.83. The number of ether oxygens (including phenoxy) is 2. The fourth-order valence-corrected chi connectivity index (χ4v) is 1.83. The summed E-state index contributed by atoms with van der Waals surface area (Å²) < 4.78 is 23.2. The van der Waals surface area contributed by atoms with Crippen LogP contribution in [0.1, 0.15) is 25.0 Å². The van der Waals surface area contributed by atoms with Gasteiger partial charge in [-0.05, 0) is 31.9 Å². The van der Waals surface area contributed by atoms with Gasteiger partial charge in [0.1, 0.15) is 11.9 Å². The van der Waals surface area contributed by atoms with E-state index in [1.165, 1.54) is 12.1 Å². The van der Waals surface area contributed by atoms with Gasteiger partial charge in [-0.1, -0.05) is 12.1 Å². The average molecular weight is 293 g/mol. The molecule has 0 aliphatic rings. The second-order valence-corrected chi connectivity index (χ2v) is 4.15. The summed E-state index contributed by atoms with van der Waals surface area (Å²) in [5.74, 6) is -3.39. The van der Waals surface area contributed by atoms with Crippen LogP contribution in [0.4, 0.5) is 4.39 Å². The summed E-state index contributed by atoms with van der Waals surface area (Å²) in [6, 6.07) is 5.79. The molecule has 0 amide bonds. The molecular weight excluding hydrogens is 277 g/mol. The lowest BCUT2D eigenvalue weighted by molar-refractivity contribution is -0.161. The van der Waals surface area contributed by atoms with Crippen molar-refractivity contribution in [3.63, 3.8) is 0 Å². The van der Waals surface area contributed by atoms with Crippen molar-refractivity contribution in [3.05, 3.63) is 35.1 Å². The predicted octanol–water partition coefficient (Wildman–Crippen LogP) is 1.98. The van der Waals surface area contributed by atoms with Gasteiger partial charge in [0.05, 0.1) is 18.8 Å². The third-order valence-corrected chi connectivity index (χ3v) is 2.78. The molecule has 0 spiro atoms. The van der Waals surface area contributed by atoms with Crippen molar-refractivity contribution >= 4 is 11.9 Å². The maximum absolute atomic E-state index is 13.5. The lowest BCUT2D eigenvalue weighted by atomic mass is 9.95. The molecule has 0 N–H and O–H groups in total. The Morgan fingerprint density at radius 1 is 1.24 bits per heavy atom. The van der Waals surface area contributed by atoms with E-state index in [1.54, 1.807) is 19.9 Å². The van der Waals surface area contributed by atoms with Gasteiger partial charge < -0.3 is 9.47 Å². The quantitative estimate of drug-likeness (QED) is 0.592. The topological polar surface area (TPSA) is 76.4 Å². The van der Waals surface area contributed by atoms with Gasteiger partial charge in [-0.3, -0.25) is 9.59 Å². The third-order valence-electron chi connectivity index (χ3n) is 2.78. The van der Waals surface area contributed by atoms with Crippen LogP contribution in [0.5, 0.6) is 0 Å². The van der Waals surface area contributed by atoms with Crippen LogP contribution in [0.25, 0.3) is 0 Å². The molecule has 0 atom stereocenters. The number of nitrogens with zero attached hydrogens (tertiary/aromatic N) is 1. The van der Waals surface area contributed by atoms with Gasteiger partial charge in [0.25, 0.3) is 0 Å². The molecule has 0 heterocycles. The number of carbonyl (C=O) groups excluding carboxylic acids is 2. The standard InChI is InChI=1S/C15H16FNO4/c1-3-20-14(18)11(15(19)21-4-2)8-10-6-5-7-13(16)12(10)9-17/h5-7,11H,3-4,8H2,1-2H3. The van der Waals surface area contributed by atoms with Crippen molar-refractivity contribution in [1.29, 1.82) is 5.26 Å². The molecule has 1 aromatic rings. The number of benzene rings is 1. The van der Waals surface area contributed by atoms with Gasteiger partial charge >= 0.3 is 11.9 Å². The monoisotopic (exact) mass is 293 g/mol. The van der Waals surface area contributed by atoms with Gasteiger partial charge in [-0.25, -0.2) is 4.39 Å². The Morgan fingerprint density at radius 3 is 2.29 bits per heavy atom. The van der Waals surface area contributed by atoms with Crippen LogP contribution >= 0.6 is 0 Å². The molecule has 0 aromatic heterocycles. The Balaban J connectivity index is 3.07. The largest absolute Gasteiger partial charge is 0.465 e. The number of rotatable bonds is 6. The SMILES string of the molecule is CCOC(=O)C(Cc1cccc(F)c1C#N)C(=O)OCC. The van der Waals surface area contributed by atoms with Gasteiger partial charge in [0.15, 0.2) is 5.92 Å². The van der Waals surface area contributed by atoms with Crippen molar-refractivity contribution in [3.8, 4) is 6.07 Å². The molecule has 21 heavy (non-hydrogen) atoms. The summed E-state index contributed by atoms with van der Waals surface area (Å²) >= 11 is 0. The number of halogens is 1. The lowest BCUT2D eigenvalue weighted by Crippen LogP contribution is -2.30. The Bertz CT molecular complexity index is 547. The van der Waals surface area contributed by atoms with E-state index in [0.29, 0.717) is 0 Å². The highest BCUT2D eigenvalue weighted by atomic mass is 19.1. The molecule has 1 aromatic carbocycles. The van der Waals surface area contributed by atoms with E-state index in [1.807, 2.05) is 0 Å². The van der Waals surface area contributed by atoms with Crippen molar-refractivity contribution in [2.75, 3.05) is 13.2 Å². The number of carbonyl (C=O) groups is 2. The van der Waals surface area contributed by atoms with Crippen LogP contribution in [0, 0.1) is 23.1 Å². The van der Waals surface area contributed by atoms with Crippen LogP contribution in [0.3, 0.4) is 0 Å². The molecule has 1 rings (SSSR count). The van der Waals surface area contributed by atoms with Gasteiger partial charge in [-0.2, -0.15) is 5.26 Å². The van der Waals surface area contributed by atoms with Gasteiger partial charge in [0, 0.05) is 0 Å². The van der Waals surface area contributed by atoms with Gasteiger partial charge in [-0.15, -0.1) is 0 Å². The van der Waals surface area contributed by atoms with E-state index >= 15 is 0 Å². The van der Waals surface area contributed by atoms with Crippen molar-refractivity contribution < 1.29 is 23.5 Å². The molecule has 0 aliphatic carbocycles. The number of esters is 2. The Labute approximate surface area is 122 Å². The molecule has 0 radical (unpaired) electrons. The Morgan fingerprint density at radius 2 is 1.81 bits per heavy atom. The summed E-state index contributed by atoms with van der Waals surface area (Å²) in [6.07, 6.45) is -0.141. The molecule has 0 saturated carbocycles. The minimum atomic E-state index is -1.21. The van der Waals surface area contributed by atoms with Crippen molar-refractivity contribution in [2.24, 2.45) is 5.92 Å². The molecule has 0 bridgehead atoms. The summed E-state index contributed by atoms with van der Waals surface area (Å²) in [7, 11) is 0. The summed E-state index contributed by atoms with van der Waals surface area (Å²) in [5, 5.41) is 8.97. The van der Waals surface area contributed by atoms with E-state index in [0.717, 1.165) is 6.07 Å². The highest BCUT2D eigenvalue weighted by molar-refractivity contribution is 5.95. The van der Waals surface area contributed by atoms with E-state index < -0.39 is 23.7 Å². The number of nitriles is 1. The first-order valence-electron chi connectivity index (χ1n) is 6.55. The summed E-state index contributed by atoms with van der Waals surface area (Å²) in [4.78, 5) is 23.7. The van der Waals surface area contributed by atoms with E-state index in [4.69, 9.17) is 14.7 Å². The lowest BCUT2D eigenvalue weighted by Gasteiger charge is -2.15. The first kappa shape index (κ1) is 16.6. The zero-order valence-corrected chi connectivity index (χ0v) is 11.9. The van der Waals surface area contributed by atoms with E-state index in [-0.39, 0.29) is 30.8 Å². The molecule has 6 heteroatoms. The van der Waals surface area contributed by atoms with E-state index in [2.05, 4.69) is 0 Å². The smallest absolute Gasteiger partial charge is 0.320 e. The second-order valence-electron chi connectivity index (χ2n) is 4.15. The number of hydrogen-bond donors (Lipinski definition) is 0. The average Bonchev–Trinajstić information content (AvgIpc) is 2.45. The molecule has 0 aliphatic heterocycles. The van der Waals surface area contributed by atoms with Crippen LogP contribution in [-0.2, 0) is 25.5 Å². The minimum Gasteiger partial charge on any atom is -0.465 e. The zero-order valence-electron chi connectivity index (χ0n) is 11.9. The third kappa shape index (κ3) is 4.28. The molecule has 0 fully saturated rings. The summed E-state index contributed by atoms with van der Waals surface area (Å²) in [6.45, 7) is 3.46. The summed E-state index contributed by atoms with van der Waals surface area (Å²) in [5.41, 5.74) is 0.0831. The predicted molar refractivity (Wildman–Crippen MR) is 71.6 cm³/mol. The van der Waals surface area contributed by atoms with Crippen LogP contribution in [-0.4, -0.2) is 25.2 Å². The van der Waals surface area contributed by atoms with Crippen molar-refractivity contribution in [1.82, 2.24) is 0 Å². The maximum atomic E-state index is 13.5. The molecular formula is C15H16FNO4. The maximum Gasteiger partial charge on any atom is 0.320 e. The molecule has 5 nitrogen and oxygen atoms in total. The van der Waals surface area contributed by atoms with Crippen LogP contribution in [0.2, 0.25) is 0 Å². The normalized spacial score (nSPS) is 10.0. The fraction of sp³-hybridized carbons (Fsp3) is 0.400. The second kappa shape index (κ2) is 8.00. The zero-order chi connectivity index (χ0) is 15.8. The van der Waals surface area contributed by atoms with Crippen molar-refractivity contribution in [2.45, 2.75) is 20.3 Å². The highest BCUT2D eigenvalue weighted by Gasteiger charge is 2.30. The molecule has 0 unspecified atom stereocenters. The number of hydrogen-bond acceptors (Lipinski definition) is 5. The first-order chi connectivity index (χ1) is 10.0. The van der Waals surface area contributed by atoms with Crippen LogP contribution in [0.15, 0.2) is 18.2 Å². The molecule has 112 valence electrons. The Kier molecular flexibility index (Phi) is 6.34. The van der Waals surface area contributed by atoms with Gasteiger partial charge in [0.2, 0.25) is 0 Å². The highest BCUT2D eigenvalue weighted by Crippen LogP contribution is 2.18. The molecule has 0 saturated heterocycles. The first-order valence-corrected chi connectivity index (χ1v) is 6.55.